The van der Waals surface area contributed by atoms with Gasteiger partial charge in [0, 0.05) is 21.2 Å². The van der Waals surface area contributed by atoms with Crippen LogP contribution in [0.1, 0.15) is 11.1 Å². The summed E-state index contributed by atoms with van der Waals surface area (Å²) >= 11 is 12.3. The van der Waals surface area contributed by atoms with Crippen molar-refractivity contribution in [2.45, 2.75) is 0 Å². The number of esters is 1. The highest BCUT2D eigenvalue weighted by Crippen LogP contribution is 2.29. The van der Waals surface area contributed by atoms with Crippen LogP contribution in [0.25, 0.3) is 17.2 Å². The molecule has 0 fully saturated rings. The van der Waals surface area contributed by atoms with Crippen molar-refractivity contribution in [1.82, 2.24) is 0 Å². The second kappa shape index (κ2) is 7.39. The van der Waals surface area contributed by atoms with Gasteiger partial charge in [-0.15, -0.1) is 0 Å². The molecule has 1 aliphatic heterocycles. The highest BCUT2D eigenvalue weighted by atomic mass is 35.5. The minimum Gasteiger partial charge on any atom is -0.402 e. The minimum absolute atomic E-state index is 0.159. The first-order valence-corrected chi connectivity index (χ1v) is 9.00. The average Bonchev–Trinajstić information content (AvgIpc) is 3.06. The van der Waals surface area contributed by atoms with Crippen molar-refractivity contribution >= 4 is 41.1 Å². The van der Waals surface area contributed by atoms with E-state index in [1.165, 1.54) is 0 Å². The molecule has 0 atom stereocenters. The van der Waals surface area contributed by atoms with E-state index in [4.69, 9.17) is 27.9 Å². The summed E-state index contributed by atoms with van der Waals surface area (Å²) in [5.41, 5.74) is 3.60. The van der Waals surface area contributed by atoms with Gasteiger partial charge in [0.15, 0.2) is 5.70 Å². The molecule has 0 spiro atoms. The van der Waals surface area contributed by atoms with Crippen LogP contribution in [0.5, 0.6) is 0 Å². The second-order valence-corrected chi connectivity index (χ2v) is 6.73. The maximum Gasteiger partial charge on any atom is 0.363 e. The number of carbonyl (C=O) groups is 1. The zero-order chi connectivity index (χ0) is 18.8. The van der Waals surface area contributed by atoms with Crippen molar-refractivity contribution in [1.29, 1.82) is 0 Å². The SMILES string of the molecule is O=C1OC(c2ccc(-c3ccccc3)cc2)=N/C1=C\c1c(Cl)cccc1Cl. The molecule has 0 unspecified atom stereocenters. The van der Waals surface area contributed by atoms with Crippen LogP contribution in [0, 0.1) is 0 Å². The van der Waals surface area contributed by atoms with Crippen molar-refractivity contribution in [3.05, 3.63) is 99.7 Å². The Morgan fingerprint density at radius 2 is 1.33 bits per heavy atom. The predicted octanol–water partition coefficient (Wildman–Crippen LogP) is 6.00. The maximum absolute atomic E-state index is 12.2. The summed E-state index contributed by atoms with van der Waals surface area (Å²) in [6.45, 7) is 0. The Balaban J connectivity index is 1.64. The summed E-state index contributed by atoms with van der Waals surface area (Å²) in [7, 11) is 0. The lowest BCUT2D eigenvalue weighted by Crippen LogP contribution is -2.05. The highest BCUT2D eigenvalue weighted by molar-refractivity contribution is 6.37. The van der Waals surface area contributed by atoms with Gasteiger partial charge in [-0.2, -0.15) is 0 Å². The van der Waals surface area contributed by atoms with Gasteiger partial charge in [0.2, 0.25) is 5.90 Å². The number of cyclic esters (lactones) is 1. The van der Waals surface area contributed by atoms with Gasteiger partial charge in [-0.3, -0.25) is 0 Å². The molecule has 3 nitrogen and oxygen atoms in total. The lowest BCUT2D eigenvalue weighted by Gasteiger charge is -2.03. The van der Waals surface area contributed by atoms with Gasteiger partial charge in [-0.25, -0.2) is 9.79 Å². The molecule has 3 aromatic carbocycles. The Hall–Kier alpha value is -2.88. The van der Waals surface area contributed by atoms with Gasteiger partial charge in [-0.05, 0) is 41.5 Å². The van der Waals surface area contributed by atoms with Crippen molar-refractivity contribution < 1.29 is 9.53 Å². The van der Waals surface area contributed by atoms with Crippen LogP contribution in [0.4, 0.5) is 0 Å². The van der Waals surface area contributed by atoms with E-state index < -0.39 is 5.97 Å². The van der Waals surface area contributed by atoms with Crippen molar-refractivity contribution in [3.8, 4) is 11.1 Å². The van der Waals surface area contributed by atoms with E-state index in [-0.39, 0.29) is 11.6 Å². The number of hydrogen-bond donors (Lipinski definition) is 0. The van der Waals surface area contributed by atoms with Crippen molar-refractivity contribution in [3.63, 3.8) is 0 Å². The molecule has 3 aromatic rings. The second-order valence-electron chi connectivity index (χ2n) is 5.91. The predicted molar refractivity (Wildman–Crippen MR) is 109 cm³/mol. The van der Waals surface area contributed by atoms with Gasteiger partial charge in [-0.1, -0.05) is 71.7 Å². The lowest BCUT2D eigenvalue weighted by atomic mass is 10.0. The first-order valence-electron chi connectivity index (χ1n) is 8.24. The third kappa shape index (κ3) is 3.65. The molecule has 4 rings (SSSR count). The molecule has 0 saturated carbocycles. The molecular formula is C22H13Cl2NO2. The summed E-state index contributed by atoms with van der Waals surface area (Å²) in [4.78, 5) is 16.5. The first-order chi connectivity index (χ1) is 13.1. The number of benzene rings is 3. The van der Waals surface area contributed by atoms with Gasteiger partial charge in [0.25, 0.3) is 0 Å². The highest BCUT2D eigenvalue weighted by Gasteiger charge is 2.24. The van der Waals surface area contributed by atoms with Gasteiger partial charge in [0.1, 0.15) is 0 Å². The first kappa shape index (κ1) is 17.5. The third-order valence-corrected chi connectivity index (χ3v) is 4.80. The maximum atomic E-state index is 12.2. The zero-order valence-corrected chi connectivity index (χ0v) is 15.5. The van der Waals surface area contributed by atoms with Crippen LogP contribution in [-0.2, 0) is 9.53 Å². The Morgan fingerprint density at radius 3 is 2.00 bits per heavy atom. The lowest BCUT2D eigenvalue weighted by molar-refractivity contribution is -0.129. The molecule has 0 radical (unpaired) electrons. The van der Waals surface area contributed by atoms with Crippen LogP contribution in [0.3, 0.4) is 0 Å². The largest absolute Gasteiger partial charge is 0.402 e. The van der Waals surface area contributed by atoms with Gasteiger partial charge < -0.3 is 4.74 Å². The summed E-state index contributed by atoms with van der Waals surface area (Å²) in [5.74, 6) is -0.276. The molecule has 1 aliphatic rings. The molecule has 132 valence electrons. The molecule has 0 amide bonds. The topological polar surface area (TPSA) is 38.7 Å². The molecule has 0 saturated heterocycles. The Bertz CT molecular complexity index is 1050. The number of hydrogen-bond acceptors (Lipinski definition) is 3. The summed E-state index contributed by atoms with van der Waals surface area (Å²) < 4.78 is 5.31. The van der Waals surface area contributed by atoms with Crippen LogP contribution < -0.4 is 0 Å². The number of rotatable bonds is 3. The van der Waals surface area contributed by atoms with E-state index in [1.54, 1.807) is 24.3 Å². The van der Waals surface area contributed by atoms with Crippen molar-refractivity contribution in [2.75, 3.05) is 0 Å². The molecular weight excluding hydrogens is 381 g/mol. The van der Waals surface area contributed by atoms with E-state index in [9.17, 15) is 4.79 Å². The number of halogens is 2. The summed E-state index contributed by atoms with van der Waals surface area (Å²) in [5, 5.41) is 0.886. The van der Waals surface area contributed by atoms with E-state index in [1.807, 2.05) is 54.6 Å². The fourth-order valence-corrected chi connectivity index (χ4v) is 3.26. The summed E-state index contributed by atoms with van der Waals surface area (Å²) in [6, 6.07) is 22.9. The van der Waals surface area contributed by atoms with Crippen LogP contribution in [-0.4, -0.2) is 11.9 Å². The minimum atomic E-state index is -0.534. The molecule has 0 N–H and O–H groups in total. The fraction of sp³-hybridized carbons (Fsp3) is 0. The van der Waals surface area contributed by atoms with E-state index in [0.717, 1.165) is 16.7 Å². The van der Waals surface area contributed by atoms with Gasteiger partial charge in [0.05, 0.1) is 0 Å². The van der Waals surface area contributed by atoms with E-state index in [0.29, 0.717) is 15.6 Å². The van der Waals surface area contributed by atoms with Crippen LogP contribution in [0.15, 0.2) is 83.5 Å². The van der Waals surface area contributed by atoms with E-state index >= 15 is 0 Å². The Labute approximate surface area is 166 Å². The molecule has 0 aliphatic carbocycles. The number of aliphatic imine (C=N–C) groups is 1. The average molecular weight is 394 g/mol. The summed E-state index contributed by atoms with van der Waals surface area (Å²) in [6.07, 6.45) is 1.54. The smallest absolute Gasteiger partial charge is 0.363 e. The van der Waals surface area contributed by atoms with Crippen LogP contribution >= 0.6 is 23.2 Å². The molecule has 27 heavy (non-hydrogen) atoms. The fourth-order valence-electron chi connectivity index (χ4n) is 2.75. The Kier molecular flexibility index (Phi) is 4.80. The third-order valence-electron chi connectivity index (χ3n) is 4.14. The van der Waals surface area contributed by atoms with Crippen LogP contribution in [0.2, 0.25) is 10.0 Å². The standard InChI is InChI=1S/C22H13Cl2NO2/c23-18-7-4-8-19(24)17(18)13-20-22(26)27-21(25-20)16-11-9-15(10-12-16)14-5-2-1-3-6-14/h1-13H/b20-13-. The molecule has 0 aromatic heterocycles. The normalized spacial score (nSPS) is 15.0. The number of carbonyl (C=O) groups excluding carboxylic acids is 1. The zero-order valence-electron chi connectivity index (χ0n) is 14.0. The van der Waals surface area contributed by atoms with Crippen molar-refractivity contribution in [2.24, 2.45) is 4.99 Å². The molecule has 5 heteroatoms. The Morgan fingerprint density at radius 1 is 0.741 bits per heavy atom. The monoisotopic (exact) mass is 393 g/mol. The number of nitrogens with zero attached hydrogens (tertiary/aromatic N) is 1. The molecule has 0 bridgehead atoms. The van der Waals surface area contributed by atoms with Gasteiger partial charge >= 0.3 is 5.97 Å². The van der Waals surface area contributed by atoms with E-state index in [2.05, 4.69) is 4.99 Å². The molecule has 1 heterocycles. The quantitative estimate of drug-likeness (QED) is 0.403. The number of ether oxygens (including phenoxy) is 1.